The average molecular weight is 427 g/mol. The van der Waals surface area contributed by atoms with Gasteiger partial charge in [0.05, 0.1) is 10.9 Å². The number of nitrogens with zero attached hydrogens (tertiary/aromatic N) is 2. The van der Waals surface area contributed by atoms with Crippen LogP contribution in [0.5, 0.6) is 0 Å². The molecule has 0 saturated carbocycles. The van der Waals surface area contributed by atoms with Crippen LogP contribution in [0.25, 0.3) is 6.08 Å². The van der Waals surface area contributed by atoms with E-state index in [1.807, 2.05) is 4.90 Å². The van der Waals surface area contributed by atoms with Gasteiger partial charge in [-0.05, 0) is 30.3 Å². The fourth-order valence-corrected chi connectivity index (χ4v) is 4.92. The lowest BCUT2D eigenvalue weighted by Crippen LogP contribution is -2.51. The number of halogens is 1. The minimum absolute atomic E-state index is 0.106. The van der Waals surface area contributed by atoms with Gasteiger partial charge in [-0.2, -0.15) is 0 Å². The molecule has 10 heteroatoms. The predicted molar refractivity (Wildman–Crippen MR) is 108 cm³/mol. The molecule has 0 bridgehead atoms. The number of rotatable bonds is 7. The van der Waals surface area contributed by atoms with Crippen LogP contribution in [0.4, 0.5) is 5.69 Å². The summed E-state index contributed by atoms with van der Waals surface area (Å²) in [6, 6.07) is 6.89. The third kappa shape index (κ3) is 5.77. The molecule has 1 saturated heterocycles. The van der Waals surface area contributed by atoms with E-state index >= 15 is 0 Å². The number of pyridine rings is 1. The van der Waals surface area contributed by atoms with Gasteiger partial charge in [0.25, 0.3) is 0 Å². The van der Waals surface area contributed by atoms with Gasteiger partial charge in [0.2, 0.25) is 5.91 Å². The number of sulfone groups is 1. The lowest BCUT2D eigenvalue weighted by Gasteiger charge is -2.30. The molecule has 0 aliphatic carbocycles. The summed E-state index contributed by atoms with van der Waals surface area (Å²) < 4.78 is 26.5. The molecule has 2 N–H and O–H groups in total. The van der Waals surface area contributed by atoms with E-state index in [0.29, 0.717) is 23.1 Å². The van der Waals surface area contributed by atoms with Gasteiger partial charge in [-0.15, -0.1) is 11.3 Å². The smallest absolute Gasteiger partial charge is 0.234 e. The van der Waals surface area contributed by atoms with Gasteiger partial charge < -0.3 is 10.6 Å². The number of amides is 1. The molecule has 7 nitrogen and oxygen atoms in total. The summed E-state index contributed by atoms with van der Waals surface area (Å²) in [6.45, 7) is 1.46. The maximum Gasteiger partial charge on any atom is 0.234 e. The molecule has 3 heterocycles. The minimum atomic E-state index is -3.65. The second-order valence-electron chi connectivity index (χ2n) is 5.99. The number of piperazine rings is 1. The maximum atomic E-state index is 12.9. The number of nitrogens with one attached hydrogen (secondary N) is 2. The second kappa shape index (κ2) is 8.83. The van der Waals surface area contributed by atoms with Crippen LogP contribution >= 0.6 is 22.9 Å². The molecule has 1 amide bonds. The van der Waals surface area contributed by atoms with E-state index in [-0.39, 0.29) is 19.0 Å². The summed E-state index contributed by atoms with van der Waals surface area (Å²) in [7, 11) is -3.65. The molecule has 144 valence electrons. The first-order chi connectivity index (χ1) is 12.9. The van der Waals surface area contributed by atoms with Crippen LogP contribution in [0, 0.1) is 0 Å². The Morgan fingerprint density at radius 2 is 2.11 bits per heavy atom. The molecule has 3 rings (SSSR count). The largest absolute Gasteiger partial charge is 0.368 e. The molecule has 1 aliphatic heterocycles. The van der Waals surface area contributed by atoms with E-state index < -0.39 is 15.2 Å². The highest BCUT2D eigenvalue weighted by atomic mass is 35.5. The zero-order valence-corrected chi connectivity index (χ0v) is 16.7. The fourth-order valence-electron chi connectivity index (χ4n) is 2.62. The molecule has 27 heavy (non-hydrogen) atoms. The Kier molecular flexibility index (Phi) is 6.48. The lowest BCUT2D eigenvalue weighted by atomic mass is 10.3. The third-order valence-electron chi connectivity index (χ3n) is 3.96. The van der Waals surface area contributed by atoms with Crippen molar-refractivity contribution >= 4 is 50.4 Å². The Bertz CT molecular complexity index is 915. The van der Waals surface area contributed by atoms with Crippen molar-refractivity contribution in [3.8, 4) is 0 Å². The van der Waals surface area contributed by atoms with Crippen LogP contribution in [-0.2, 0) is 14.6 Å². The van der Waals surface area contributed by atoms with Crippen molar-refractivity contribution in [1.82, 2.24) is 15.2 Å². The van der Waals surface area contributed by atoms with E-state index in [2.05, 4.69) is 15.6 Å². The average Bonchev–Trinajstić information content (AvgIpc) is 3.06. The molecule has 1 unspecified atom stereocenters. The number of carbonyl (C=O) groups is 1. The summed E-state index contributed by atoms with van der Waals surface area (Å²) in [5, 5.41) is 6.07. The monoisotopic (exact) mass is 426 g/mol. The van der Waals surface area contributed by atoms with Crippen LogP contribution < -0.4 is 10.6 Å². The predicted octanol–water partition coefficient (Wildman–Crippen LogP) is 2.05. The van der Waals surface area contributed by atoms with Gasteiger partial charge in [-0.1, -0.05) is 11.6 Å². The number of thiophene rings is 1. The summed E-state index contributed by atoms with van der Waals surface area (Å²) in [6.07, 6.45) is 4.71. The first kappa shape index (κ1) is 19.8. The van der Waals surface area contributed by atoms with E-state index in [9.17, 15) is 13.2 Å². The molecule has 0 aromatic carbocycles. The third-order valence-corrected chi connectivity index (χ3v) is 6.73. The van der Waals surface area contributed by atoms with Crippen molar-refractivity contribution in [1.29, 1.82) is 0 Å². The van der Waals surface area contributed by atoms with Gasteiger partial charge in [-0.25, -0.2) is 8.42 Å². The summed E-state index contributed by atoms with van der Waals surface area (Å²) in [5.74, 6) is -0.106. The van der Waals surface area contributed by atoms with Crippen LogP contribution in [0.1, 0.15) is 4.88 Å². The van der Waals surface area contributed by atoms with Gasteiger partial charge >= 0.3 is 0 Å². The van der Waals surface area contributed by atoms with Crippen LogP contribution in [0.15, 0.2) is 42.1 Å². The number of carbonyl (C=O) groups excluding carboxylic acids is 1. The molecule has 2 aromatic heterocycles. The second-order valence-corrected chi connectivity index (χ2v) is 9.75. The van der Waals surface area contributed by atoms with E-state index in [1.165, 1.54) is 22.8 Å². The van der Waals surface area contributed by atoms with Gasteiger partial charge in [-0.3, -0.25) is 14.7 Å². The van der Waals surface area contributed by atoms with E-state index in [1.54, 1.807) is 36.7 Å². The standard InChI is InChI=1S/C17H19ClN4O3S2/c18-15-2-1-14(26-15)5-10-27(24,25)17(21-13-3-6-19-7-4-13)12-22-9-8-20-16(23)11-22/h1-7,10,17H,8-9,11-12H2,(H,19,21)(H,20,23). The lowest BCUT2D eigenvalue weighted by molar-refractivity contribution is -0.124. The molecule has 1 fully saturated rings. The normalized spacial score (nSPS) is 17.0. The Hall–Kier alpha value is -1.94. The SMILES string of the molecule is O=C1CN(CC(Nc2ccncc2)S(=O)(=O)C=Cc2ccc(Cl)s2)CCN1. The Morgan fingerprint density at radius 3 is 2.78 bits per heavy atom. The van der Waals surface area contributed by atoms with Gasteiger partial charge in [0.15, 0.2) is 9.84 Å². The summed E-state index contributed by atoms with van der Waals surface area (Å²) in [5.41, 5.74) is 0.646. The van der Waals surface area contributed by atoms with Crippen LogP contribution in [-0.4, -0.2) is 55.8 Å². The van der Waals surface area contributed by atoms with E-state index in [4.69, 9.17) is 11.6 Å². The topological polar surface area (TPSA) is 91.4 Å². The number of anilines is 1. The maximum absolute atomic E-state index is 12.9. The van der Waals surface area contributed by atoms with Crippen LogP contribution in [0.2, 0.25) is 4.34 Å². The molecule has 1 atom stereocenters. The molecule has 1 aliphatic rings. The van der Waals surface area contributed by atoms with Gasteiger partial charge in [0.1, 0.15) is 5.37 Å². The molecule has 0 radical (unpaired) electrons. The Labute approximate surface area is 167 Å². The molecule has 2 aromatic rings. The first-order valence-corrected chi connectivity index (χ1v) is 11.1. The highest BCUT2D eigenvalue weighted by Crippen LogP contribution is 2.23. The van der Waals surface area contributed by atoms with Crippen molar-refractivity contribution in [3.63, 3.8) is 0 Å². The highest BCUT2D eigenvalue weighted by Gasteiger charge is 2.28. The zero-order chi connectivity index (χ0) is 19.3. The van der Waals surface area contributed by atoms with Crippen molar-refractivity contribution < 1.29 is 13.2 Å². The number of hydrogen-bond donors (Lipinski definition) is 2. The van der Waals surface area contributed by atoms with Crippen LogP contribution in [0.3, 0.4) is 0 Å². The fraction of sp³-hybridized carbons (Fsp3) is 0.294. The summed E-state index contributed by atoms with van der Waals surface area (Å²) >= 11 is 7.20. The Morgan fingerprint density at radius 1 is 1.33 bits per heavy atom. The van der Waals surface area contributed by atoms with E-state index in [0.717, 1.165) is 4.88 Å². The van der Waals surface area contributed by atoms with Gasteiger partial charge in [0, 0.05) is 48.0 Å². The summed E-state index contributed by atoms with van der Waals surface area (Å²) in [4.78, 5) is 18.1. The zero-order valence-electron chi connectivity index (χ0n) is 14.3. The quantitative estimate of drug-likeness (QED) is 0.704. The van der Waals surface area contributed by atoms with Crippen molar-refractivity contribution in [2.75, 3.05) is 31.5 Å². The molecule has 0 spiro atoms. The first-order valence-electron chi connectivity index (χ1n) is 8.25. The highest BCUT2D eigenvalue weighted by molar-refractivity contribution is 7.95. The number of hydrogen-bond acceptors (Lipinski definition) is 7. The van der Waals surface area contributed by atoms with Crippen molar-refractivity contribution in [2.45, 2.75) is 5.37 Å². The number of aromatic nitrogens is 1. The molecular formula is C17H19ClN4O3S2. The van der Waals surface area contributed by atoms with Crippen molar-refractivity contribution in [2.24, 2.45) is 0 Å². The molecular weight excluding hydrogens is 408 g/mol. The Balaban J connectivity index is 1.80. The van der Waals surface area contributed by atoms with Crippen molar-refractivity contribution in [3.05, 3.63) is 51.3 Å². The minimum Gasteiger partial charge on any atom is -0.368 e.